The molecule has 1 aromatic carbocycles. The molecule has 0 N–H and O–H groups in total. The van der Waals surface area contributed by atoms with Gasteiger partial charge in [-0.05, 0) is 23.8 Å². The third-order valence-electron chi connectivity index (χ3n) is 3.17. The molecule has 0 spiro atoms. The number of methoxy groups -OCH3 is 1. The first kappa shape index (κ1) is 14.6. The van der Waals surface area contributed by atoms with Crippen LogP contribution in [0.1, 0.15) is 16.8 Å². The van der Waals surface area contributed by atoms with Gasteiger partial charge in [-0.1, -0.05) is 23.4 Å². The van der Waals surface area contributed by atoms with Crippen LogP contribution < -0.4 is 5.69 Å². The highest BCUT2D eigenvalue weighted by atomic mass is 16.5. The van der Waals surface area contributed by atoms with E-state index >= 15 is 0 Å². The molecule has 0 aliphatic rings. The molecule has 0 saturated heterocycles. The van der Waals surface area contributed by atoms with Gasteiger partial charge in [-0.2, -0.15) is 9.94 Å². The Morgan fingerprint density at radius 2 is 2.09 bits per heavy atom. The zero-order valence-electron chi connectivity index (χ0n) is 12.2. The van der Waals surface area contributed by atoms with Gasteiger partial charge >= 0.3 is 5.69 Å². The Balaban J connectivity index is 1.94. The van der Waals surface area contributed by atoms with Crippen molar-refractivity contribution < 1.29 is 4.74 Å². The quantitative estimate of drug-likeness (QED) is 0.711. The number of ether oxygens (including phenoxy) is 1. The number of nitriles is 1. The number of benzene rings is 1. The van der Waals surface area contributed by atoms with E-state index in [0.717, 1.165) is 10.2 Å². The lowest BCUT2D eigenvalue weighted by Crippen LogP contribution is -2.30. The molecule has 2 aromatic heterocycles. The van der Waals surface area contributed by atoms with E-state index in [1.54, 1.807) is 18.2 Å². The minimum atomic E-state index is -0.373. The summed E-state index contributed by atoms with van der Waals surface area (Å²) in [7, 11) is 1.47. The van der Waals surface area contributed by atoms with Crippen molar-refractivity contribution in [1.29, 1.82) is 5.26 Å². The summed E-state index contributed by atoms with van der Waals surface area (Å²) < 4.78 is 7.29. The number of rotatable bonds is 4. The molecule has 2 heterocycles. The van der Waals surface area contributed by atoms with Crippen LogP contribution in [0.4, 0.5) is 0 Å². The van der Waals surface area contributed by atoms with E-state index in [2.05, 4.69) is 21.4 Å². The lowest BCUT2D eigenvalue weighted by atomic mass is 10.1. The number of nitrogens with zero attached hydrogens (tertiary/aromatic N) is 6. The zero-order chi connectivity index (χ0) is 16.2. The minimum absolute atomic E-state index is 0.0242. The molecule has 114 valence electrons. The van der Waals surface area contributed by atoms with Gasteiger partial charge in [0.05, 0.1) is 11.6 Å². The highest BCUT2D eigenvalue weighted by Crippen LogP contribution is 2.10. The summed E-state index contributed by atoms with van der Waals surface area (Å²) in [6.07, 6.45) is 4.97. The van der Waals surface area contributed by atoms with Gasteiger partial charge in [0, 0.05) is 7.11 Å². The number of imidazole rings is 1. The normalized spacial score (nSPS) is 11.1. The van der Waals surface area contributed by atoms with Crippen LogP contribution >= 0.6 is 0 Å². The lowest BCUT2D eigenvalue weighted by molar-refractivity contribution is 0.111. The van der Waals surface area contributed by atoms with E-state index < -0.39 is 0 Å². The van der Waals surface area contributed by atoms with Crippen molar-refractivity contribution in [2.45, 2.75) is 6.73 Å². The molecule has 0 amide bonds. The summed E-state index contributed by atoms with van der Waals surface area (Å²) in [5.41, 5.74) is 2.03. The third kappa shape index (κ3) is 2.86. The molecule has 0 aliphatic carbocycles. The van der Waals surface area contributed by atoms with Crippen molar-refractivity contribution in [1.82, 2.24) is 24.4 Å². The summed E-state index contributed by atoms with van der Waals surface area (Å²) >= 11 is 0. The average molecular weight is 308 g/mol. The Bertz CT molecular complexity index is 962. The summed E-state index contributed by atoms with van der Waals surface area (Å²) in [5.74, 6) is 0. The van der Waals surface area contributed by atoms with Crippen LogP contribution in [-0.4, -0.2) is 31.5 Å². The Labute approximate surface area is 130 Å². The monoisotopic (exact) mass is 308 g/mol. The standard InChI is InChI=1S/C15H12N6O2/c1-23-10-21-15(22)20-9-17-13(14(20)18-19-21)7-6-11-2-4-12(8-16)5-3-11/h2-7,9H,10H2,1H3/b7-6+. The van der Waals surface area contributed by atoms with Crippen LogP contribution in [0.5, 0.6) is 0 Å². The van der Waals surface area contributed by atoms with Crippen LogP contribution in [0, 0.1) is 11.3 Å². The van der Waals surface area contributed by atoms with E-state index in [4.69, 9.17) is 10.00 Å². The smallest absolute Gasteiger partial charge is 0.355 e. The summed E-state index contributed by atoms with van der Waals surface area (Å²) in [6, 6.07) is 9.17. The average Bonchev–Trinajstić information content (AvgIpc) is 3.00. The fourth-order valence-electron chi connectivity index (χ4n) is 2.02. The maximum Gasteiger partial charge on any atom is 0.355 e. The number of fused-ring (bicyclic) bond motifs is 1. The molecular formula is C15H12N6O2. The van der Waals surface area contributed by atoms with E-state index in [-0.39, 0.29) is 12.4 Å². The Hall–Kier alpha value is -3.31. The minimum Gasteiger partial charge on any atom is -0.362 e. The van der Waals surface area contributed by atoms with Crippen molar-refractivity contribution in [2.24, 2.45) is 0 Å². The van der Waals surface area contributed by atoms with E-state index in [9.17, 15) is 4.79 Å². The van der Waals surface area contributed by atoms with E-state index in [1.165, 1.54) is 17.8 Å². The molecule has 0 aliphatic heterocycles. The lowest BCUT2D eigenvalue weighted by Gasteiger charge is -2.01. The maximum atomic E-state index is 12.1. The Morgan fingerprint density at radius 3 is 2.78 bits per heavy atom. The molecule has 0 saturated carbocycles. The van der Waals surface area contributed by atoms with Gasteiger partial charge in [0.1, 0.15) is 18.8 Å². The van der Waals surface area contributed by atoms with Crippen LogP contribution in [0.15, 0.2) is 35.4 Å². The first-order valence-electron chi connectivity index (χ1n) is 6.71. The molecule has 8 nitrogen and oxygen atoms in total. The molecule has 3 rings (SSSR count). The second kappa shape index (κ2) is 6.21. The number of aromatic nitrogens is 5. The third-order valence-corrected chi connectivity index (χ3v) is 3.17. The molecule has 8 heteroatoms. The predicted octanol–water partition coefficient (Wildman–Crippen LogP) is 0.932. The SMILES string of the molecule is COCn1nnc2c(/C=C/c3ccc(C#N)cc3)ncn2c1=O. The first-order valence-corrected chi connectivity index (χ1v) is 6.71. The Morgan fingerprint density at radius 1 is 1.30 bits per heavy atom. The van der Waals surface area contributed by atoms with Crippen molar-refractivity contribution in [2.75, 3.05) is 7.11 Å². The Kier molecular flexibility index (Phi) is 3.95. The van der Waals surface area contributed by atoms with Crippen molar-refractivity contribution in [3.8, 4) is 6.07 Å². The molecule has 0 bridgehead atoms. The largest absolute Gasteiger partial charge is 0.362 e. The maximum absolute atomic E-state index is 12.1. The van der Waals surface area contributed by atoms with Crippen LogP contribution in [0.2, 0.25) is 0 Å². The summed E-state index contributed by atoms with van der Waals surface area (Å²) in [5, 5.41) is 16.6. The molecule has 3 aromatic rings. The molecule has 0 atom stereocenters. The molecule has 23 heavy (non-hydrogen) atoms. The fraction of sp³-hybridized carbons (Fsp3) is 0.133. The zero-order valence-corrected chi connectivity index (χ0v) is 12.2. The van der Waals surface area contributed by atoms with Gasteiger partial charge in [-0.15, -0.1) is 5.10 Å². The highest BCUT2D eigenvalue weighted by Gasteiger charge is 2.09. The van der Waals surface area contributed by atoms with Crippen molar-refractivity contribution in [3.05, 3.63) is 57.9 Å². The van der Waals surface area contributed by atoms with Crippen LogP contribution in [-0.2, 0) is 11.5 Å². The van der Waals surface area contributed by atoms with Crippen LogP contribution in [0.25, 0.3) is 17.8 Å². The van der Waals surface area contributed by atoms with Gasteiger partial charge in [-0.25, -0.2) is 14.2 Å². The van der Waals surface area contributed by atoms with Gasteiger partial charge in [0.25, 0.3) is 0 Å². The van der Waals surface area contributed by atoms with Gasteiger partial charge < -0.3 is 4.74 Å². The van der Waals surface area contributed by atoms with Crippen molar-refractivity contribution >= 4 is 17.8 Å². The summed E-state index contributed by atoms with van der Waals surface area (Å²) in [4.78, 5) is 16.3. The molecule has 0 fully saturated rings. The molecule has 0 radical (unpaired) electrons. The first-order chi connectivity index (χ1) is 11.2. The van der Waals surface area contributed by atoms with Gasteiger partial charge in [0.2, 0.25) is 0 Å². The summed E-state index contributed by atoms with van der Waals surface area (Å²) in [6.45, 7) is 0.0242. The molecular weight excluding hydrogens is 296 g/mol. The van der Waals surface area contributed by atoms with Gasteiger partial charge in [0.15, 0.2) is 5.65 Å². The highest BCUT2D eigenvalue weighted by molar-refractivity contribution is 5.74. The second-order valence-electron chi connectivity index (χ2n) is 4.68. The van der Waals surface area contributed by atoms with Crippen molar-refractivity contribution in [3.63, 3.8) is 0 Å². The second-order valence-corrected chi connectivity index (χ2v) is 4.68. The van der Waals surface area contributed by atoms with E-state index in [0.29, 0.717) is 16.9 Å². The fourth-order valence-corrected chi connectivity index (χ4v) is 2.02. The van der Waals surface area contributed by atoms with E-state index in [1.807, 2.05) is 18.2 Å². The molecule has 0 unspecified atom stereocenters. The van der Waals surface area contributed by atoms with Crippen LogP contribution in [0.3, 0.4) is 0 Å². The number of hydrogen-bond acceptors (Lipinski definition) is 6. The topological polar surface area (TPSA) is 98.1 Å². The van der Waals surface area contributed by atoms with Gasteiger partial charge in [-0.3, -0.25) is 0 Å². The number of hydrogen-bond donors (Lipinski definition) is 0. The predicted molar refractivity (Wildman–Crippen MR) is 82.1 cm³/mol.